The molecule has 0 aliphatic carbocycles. The molecule has 18 heavy (non-hydrogen) atoms. The van der Waals surface area contributed by atoms with Gasteiger partial charge in [0.05, 0.1) is 0 Å². The fraction of sp³-hybridized carbons (Fsp3) is 0.429. The molecule has 4 nitrogen and oxygen atoms in total. The second-order valence-corrected chi connectivity index (χ2v) is 4.57. The molecule has 1 saturated heterocycles. The van der Waals surface area contributed by atoms with Gasteiger partial charge in [-0.2, -0.15) is 0 Å². The Morgan fingerprint density at radius 2 is 2.11 bits per heavy atom. The molecular weight excluding hydrogens is 228 g/mol. The van der Waals surface area contributed by atoms with Crippen LogP contribution in [0, 0.1) is 0 Å². The lowest BCUT2D eigenvalue weighted by molar-refractivity contribution is -0.121. The number of carbonyl (C=O) groups is 2. The molecule has 96 valence electrons. The fourth-order valence-corrected chi connectivity index (χ4v) is 2.50. The highest BCUT2D eigenvalue weighted by Gasteiger charge is 2.33. The minimum atomic E-state index is -0.442. The van der Waals surface area contributed by atoms with Crippen LogP contribution in [0.15, 0.2) is 24.3 Å². The summed E-state index contributed by atoms with van der Waals surface area (Å²) < 4.78 is 0. The number of rotatable bonds is 3. The zero-order valence-electron chi connectivity index (χ0n) is 10.6. The Hall–Kier alpha value is -1.84. The second kappa shape index (κ2) is 5.21. The molecule has 0 radical (unpaired) electrons. The standard InChI is InChI=1S/C14H18N2O2/c1-2-10-6-3-4-7-11(10)14(18)16-9-5-8-12(16)13(15)17/h3-4,6-7,12H,2,5,8-9H2,1H3,(H2,15,17). The topological polar surface area (TPSA) is 63.4 Å². The number of nitrogens with two attached hydrogens (primary N) is 1. The minimum absolute atomic E-state index is 0.0752. The van der Waals surface area contributed by atoms with E-state index in [9.17, 15) is 9.59 Å². The van der Waals surface area contributed by atoms with Crippen molar-refractivity contribution in [3.05, 3.63) is 35.4 Å². The molecule has 0 bridgehead atoms. The highest BCUT2D eigenvalue weighted by molar-refractivity contribution is 5.98. The van der Waals surface area contributed by atoms with Crippen molar-refractivity contribution in [3.63, 3.8) is 0 Å². The highest BCUT2D eigenvalue weighted by atomic mass is 16.2. The first kappa shape index (κ1) is 12.6. The molecule has 0 spiro atoms. The summed E-state index contributed by atoms with van der Waals surface area (Å²) in [4.78, 5) is 25.4. The maximum Gasteiger partial charge on any atom is 0.254 e. The van der Waals surface area contributed by atoms with Crippen LogP contribution >= 0.6 is 0 Å². The van der Waals surface area contributed by atoms with Crippen molar-refractivity contribution >= 4 is 11.8 Å². The molecule has 1 fully saturated rings. The Balaban J connectivity index is 2.28. The molecule has 1 aromatic carbocycles. The molecule has 4 heteroatoms. The molecule has 2 rings (SSSR count). The van der Waals surface area contributed by atoms with Crippen LogP contribution in [-0.4, -0.2) is 29.3 Å². The summed E-state index contributed by atoms with van der Waals surface area (Å²) >= 11 is 0. The van der Waals surface area contributed by atoms with Crippen LogP contribution in [-0.2, 0) is 11.2 Å². The van der Waals surface area contributed by atoms with Gasteiger partial charge in [0, 0.05) is 12.1 Å². The number of aryl methyl sites for hydroxylation is 1. The van der Waals surface area contributed by atoms with Crippen molar-refractivity contribution in [1.82, 2.24) is 4.90 Å². The lowest BCUT2D eigenvalue weighted by atomic mass is 10.0. The van der Waals surface area contributed by atoms with Gasteiger partial charge in [0.15, 0.2) is 0 Å². The van der Waals surface area contributed by atoms with Crippen LogP contribution in [0.25, 0.3) is 0 Å². The quantitative estimate of drug-likeness (QED) is 0.874. The van der Waals surface area contributed by atoms with E-state index >= 15 is 0 Å². The third-order valence-electron chi connectivity index (χ3n) is 3.47. The summed E-state index contributed by atoms with van der Waals surface area (Å²) in [6, 6.07) is 7.09. The number of hydrogen-bond acceptors (Lipinski definition) is 2. The van der Waals surface area contributed by atoms with E-state index in [0.29, 0.717) is 18.5 Å². The third-order valence-corrected chi connectivity index (χ3v) is 3.47. The number of nitrogens with zero attached hydrogens (tertiary/aromatic N) is 1. The third kappa shape index (κ3) is 2.23. The summed E-state index contributed by atoms with van der Waals surface area (Å²) in [6.07, 6.45) is 2.32. The van der Waals surface area contributed by atoms with E-state index in [1.807, 2.05) is 31.2 Å². The van der Waals surface area contributed by atoms with E-state index in [1.54, 1.807) is 4.90 Å². The monoisotopic (exact) mass is 246 g/mol. The van der Waals surface area contributed by atoms with E-state index in [-0.39, 0.29) is 5.91 Å². The van der Waals surface area contributed by atoms with Gasteiger partial charge in [0.1, 0.15) is 6.04 Å². The Morgan fingerprint density at radius 3 is 2.78 bits per heavy atom. The molecule has 1 aliphatic heterocycles. The van der Waals surface area contributed by atoms with Gasteiger partial charge >= 0.3 is 0 Å². The molecular formula is C14H18N2O2. The van der Waals surface area contributed by atoms with Crippen molar-refractivity contribution in [2.24, 2.45) is 5.73 Å². The molecule has 1 heterocycles. The van der Waals surface area contributed by atoms with Crippen molar-refractivity contribution in [2.75, 3.05) is 6.54 Å². The van der Waals surface area contributed by atoms with Gasteiger partial charge in [-0.15, -0.1) is 0 Å². The SMILES string of the molecule is CCc1ccccc1C(=O)N1CCCC1C(N)=O. The van der Waals surface area contributed by atoms with E-state index in [1.165, 1.54) is 0 Å². The molecule has 1 atom stereocenters. The predicted octanol–water partition coefficient (Wildman–Crippen LogP) is 1.34. The minimum Gasteiger partial charge on any atom is -0.368 e. The summed E-state index contributed by atoms with van der Waals surface area (Å²) in [7, 11) is 0. The summed E-state index contributed by atoms with van der Waals surface area (Å²) in [5, 5.41) is 0. The first-order chi connectivity index (χ1) is 8.65. The molecule has 1 unspecified atom stereocenters. The normalized spacial score (nSPS) is 18.9. The van der Waals surface area contributed by atoms with Crippen molar-refractivity contribution in [1.29, 1.82) is 0 Å². The van der Waals surface area contributed by atoms with Crippen LogP contribution in [0.3, 0.4) is 0 Å². The number of benzene rings is 1. The summed E-state index contributed by atoms with van der Waals surface area (Å²) in [5.74, 6) is -0.483. The van der Waals surface area contributed by atoms with Gasteiger partial charge in [0.2, 0.25) is 5.91 Å². The number of hydrogen-bond donors (Lipinski definition) is 1. The van der Waals surface area contributed by atoms with Crippen LogP contribution < -0.4 is 5.73 Å². The van der Waals surface area contributed by atoms with E-state index in [0.717, 1.165) is 18.4 Å². The van der Waals surface area contributed by atoms with E-state index < -0.39 is 11.9 Å². The zero-order valence-corrected chi connectivity index (χ0v) is 10.6. The number of primary amides is 1. The smallest absolute Gasteiger partial charge is 0.254 e. The van der Waals surface area contributed by atoms with Crippen molar-refractivity contribution in [3.8, 4) is 0 Å². The van der Waals surface area contributed by atoms with Crippen LogP contribution in [0.4, 0.5) is 0 Å². The van der Waals surface area contributed by atoms with Gasteiger partial charge in [0.25, 0.3) is 5.91 Å². The molecule has 2 amide bonds. The van der Waals surface area contributed by atoms with Crippen LogP contribution in [0.5, 0.6) is 0 Å². The first-order valence-electron chi connectivity index (χ1n) is 6.33. The van der Waals surface area contributed by atoms with Gasteiger partial charge in [-0.1, -0.05) is 25.1 Å². The number of amides is 2. The molecule has 0 aromatic heterocycles. The Morgan fingerprint density at radius 1 is 1.39 bits per heavy atom. The van der Waals surface area contributed by atoms with Crippen LogP contribution in [0.1, 0.15) is 35.7 Å². The maximum atomic E-state index is 12.5. The molecule has 1 aromatic rings. The first-order valence-corrected chi connectivity index (χ1v) is 6.33. The van der Waals surface area contributed by atoms with Gasteiger partial charge in [-0.05, 0) is 30.9 Å². The van der Waals surface area contributed by atoms with E-state index in [4.69, 9.17) is 5.73 Å². The zero-order chi connectivity index (χ0) is 13.1. The maximum absolute atomic E-state index is 12.5. The highest BCUT2D eigenvalue weighted by Crippen LogP contribution is 2.21. The van der Waals surface area contributed by atoms with E-state index in [2.05, 4.69) is 0 Å². The summed E-state index contributed by atoms with van der Waals surface area (Å²) in [6.45, 7) is 2.63. The second-order valence-electron chi connectivity index (χ2n) is 4.57. The van der Waals surface area contributed by atoms with Crippen LogP contribution in [0.2, 0.25) is 0 Å². The molecule has 0 saturated carbocycles. The largest absolute Gasteiger partial charge is 0.368 e. The van der Waals surface area contributed by atoms with Gasteiger partial charge in [-0.3, -0.25) is 9.59 Å². The Kier molecular flexibility index (Phi) is 3.65. The van der Waals surface area contributed by atoms with Crippen molar-refractivity contribution < 1.29 is 9.59 Å². The Labute approximate surface area is 107 Å². The Bertz CT molecular complexity index is 471. The molecule has 1 aliphatic rings. The van der Waals surface area contributed by atoms with Crippen molar-refractivity contribution in [2.45, 2.75) is 32.2 Å². The lowest BCUT2D eigenvalue weighted by Gasteiger charge is -2.23. The fourth-order valence-electron chi connectivity index (χ4n) is 2.50. The number of likely N-dealkylation sites (tertiary alicyclic amines) is 1. The predicted molar refractivity (Wildman–Crippen MR) is 69.1 cm³/mol. The average Bonchev–Trinajstić information content (AvgIpc) is 2.87. The lowest BCUT2D eigenvalue weighted by Crippen LogP contribution is -2.43. The summed E-state index contributed by atoms with van der Waals surface area (Å²) in [5.41, 5.74) is 7.04. The average molecular weight is 246 g/mol. The molecule has 2 N–H and O–H groups in total. The van der Waals surface area contributed by atoms with Gasteiger partial charge < -0.3 is 10.6 Å². The number of carbonyl (C=O) groups excluding carboxylic acids is 2. The van der Waals surface area contributed by atoms with Gasteiger partial charge in [-0.25, -0.2) is 0 Å².